The molecule has 0 radical (unpaired) electrons. The van der Waals surface area contributed by atoms with E-state index in [0.717, 1.165) is 25.7 Å². The molecule has 0 N–H and O–H groups in total. The Morgan fingerprint density at radius 3 is 0.574 bits per heavy atom. The van der Waals surface area contributed by atoms with Gasteiger partial charge in [-0.1, -0.05) is 245 Å². The molecule has 47 heavy (non-hydrogen) atoms. The van der Waals surface area contributed by atoms with Crippen LogP contribution in [0.4, 0.5) is 0 Å². The molecule has 0 bridgehead atoms. The van der Waals surface area contributed by atoms with Crippen molar-refractivity contribution >= 4 is 10.4 Å². The normalized spacial score (nSPS) is 12.0. The Balaban J connectivity index is 3.25. The zero-order valence-corrected chi connectivity index (χ0v) is 33.1. The molecule has 0 aromatic rings. The largest absolute Gasteiger partial charge is 0.399 e. The van der Waals surface area contributed by atoms with E-state index in [-0.39, 0.29) is 13.2 Å². The van der Waals surface area contributed by atoms with Gasteiger partial charge in [-0.25, -0.2) is 8.37 Å². The van der Waals surface area contributed by atoms with Crippen molar-refractivity contribution in [2.75, 3.05) is 13.2 Å². The Labute approximate surface area is 297 Å². The Hall–Kier alpha value is -0.130. The second kappa shape index (κ2) is 40.3. The fourth-order valence-corrected chi connectivity index (χ4v) is 7.43. The summed E-state index contributed by atoms with van der Waals surface area (Å²) in [4.78, 5) is 0. The van der Waals surface area contributed by atoms with E-state index in [2.05, 4.69) is 13.8 Å². The first-order chi connectivity index (χ1) is 23.1. The molecule has 0 spiro atoms. The van der Waals surface area contributed by atoms with E-state index in [0.29, 0.717) is 0 Å². The molecule has 0 rings (SSSR count). The second-order valence-corrected chi connectivity index (χ2v) is 16.1. The van der Waals surface area contributed by atoms with Crippen LogP contribution in [-0.4, -0.2) is 21.6 Å². The van der Waals surface area contributed by atoms with Crippen LogP contribution in [0.3, 0.4) is 0 Å². The SMILES string of the molecule is CCCCCCCCCCCCCCCCCCCCCOS(=O)(=O)OCCCCCCCCCCCCCCCCCCCCC. The second-order valence-electron chi connectivity index (χ2n) is 14.8. The minimum atomic E-state index is -3.83. The molecular weight excluding hydrogens is 601 g/mol. The van der Waals surface area contributed by atoms with E-state index < -0.39 is 10.4 Å². The fraction of sp³-hybridized carbons (Fsp3) is 1.00. The molecule has 0 saturated heterocycles. The summed E-state index contributed by atoms with van der Waals surface area (Å²) in [5.41, 5.74) is 0. The number of hydrogen-bond donors (Lipinski definition) is 0. The quantitative estimate of drug-likeness (QED) is 0.0600. The van der Waals surface area contributed by atoms with Crippen LogP contribution in [0, 0.1) is 0 Å². The standard InChI is InChI=1S/C42H86O4S/c1-3-5-7-9-11-13-15-17-19-21-23-25-27-29-31-33-35-37-39-41-45-47(43,44)46-42-40-38-36-34-32-30-28-26-24-22-20-18-16-14-12-10-8-6-4-2/h3-42H2,1-2H3. The van der Waals surface area contributed by atoms with Gasteiger partial charge in [-0.2, -0.15) is 8.42 Å². The Morgan fingerprint density at radius 2 is 0.404 bits per heavy atom. The summed E-state index contributed by atoms with van der Waals surface area (Å²) in [5, 5.41) is 0. The lowest BCUT2D eigenvalue weighted by molar-refractivity contribution is 0.208. The highest BCUT2D eigenvalue weighted by molar-refractivity contribution is 7.81. The summed E-state index contributed by atoms with van der Waals surface area (Å²) < 4.78 is 34.0. The third-order valence-corrected chi connectivity index (χ3v) is 10.9. The first-order valence-electron chi connectivity index (χ1n) is 21.7. The van der Waals surface area contributed by atoms with Crippen LogP contribution in [0.2, 0.25) is 0 Å². The van der Waals surface area contributed by atoms with E-state index in [1.807, 2.05) is 0 Å². The number of unbranched alkanes of at least 4 members (excludes halogenated alkanes) is 36. The predicted molar refractivity (Wildman–Crippen MR) is 208 cm³/mol. The Bertz CT molecular complexity index is 616. The van der Waals surface area contributed by atoms with Gasteiger partial charge in [-0.05, 0) is 12.8 Å². The van der Waals surface area contributed by atoms with E-state index >= 15 is 0 Å². The summed E-state index contributed by atoms with van der Waals surface area (Å²) in [6.45, 7) is 5.08. The van der Waals surface area contributed by atoms with Crippen molar-refractivity contribution in [1.82, 2.24) is 0 Å². The molecule has 5 heteroatoms. The third kappa shape index (κ3) is 42.0. The maximum atomic E-state index is 12.0. The average Bonchev–Trinajstić information content (AvgIpc) is 3.06. The number of hydrogen-bond acceptors (Lipinski definition) is 4. The molecule has 0 aromatic carbocycles. The third-order valence-electron chi connectivity index (χ3n) is 9.95. The van der Waals surface area contributed by atoms with Gasteiger partial charge in [0, 0.05) is 0 Å². The summed E-state index contributed by atoms with van der Waals surface area (Å²) >= 11 is 0. The van der Waals surface area contributed by atoms with Crippen LogP contribution < -0.4 is 0 Å². The molecule has 0 aromatic heterocycles. The van der Waals surface area contributed by atoms with Crippen LogP contribution in [0.1, 0.15) is 258 Å². The smallest absolute Gasteiger partial charge is 0.248 e. The maximum absolute atomic E-state index is 12.0. The van der Waals surface area contributed by atoms with Gasteiger partial charge in [-0.15, -0.1) is 0 Å². The first kappa shape index (κ1) is 46.9. The van der Waals surface area contributed by atoms with Crippen molar-refractivity contribution < 1.29 is 16.8 Å². The predicted octanol–water partition coefficient (Wildman–Crippen LogP) is 15.1. The minimum Gasteiger partial charge on any atom is -0.248 e. The first-order valence-corrected chi connectivity index (χ1v) is 23.0. The molecule has 4 nitrogen and oxygen atoms in total. The molecule has 0 aliphatic carbocycles. The molecule has 0 heterocycles. The van der Waals surface area contributed by atoms with Crippen LogP contribution in [-0.2, 0) is 18.8 Å². The van der Waals surface area contributed by atoms with E-state index in [1.165, 1.54) is 218 Å². The molecule has 284 valence electrons. The highest BCUT2D eigenvalue weighted by Crippen LogP contribution is 2.16. The van der Waals surface area contributed by atoms with Crippen molar-refractivity contribution in [3.05, 3.63) is 0 Å². The van der Waals surface area contributed by atoms with Gasteiger partial charge in [-0.3, -0.25) is 0 Å². The van der Waals surface area contributed by atoms with Gasteiger partial charge in [0.2, 0.25) is 0 Å². The van der Waals surface area contributed by atoms with Gasteiger partial charge in [0.15, 0.2) is 0 Å². The van der Waals surface area contributed by atoms with Crippen LogP contribution in [0.25, 0.3) is 0 Å². The van der Waals surface area contributed by atoms with Gasteiger partial charge in [0.1, 0.15) is 0 Å². The van der Waals surface area contributed by atoms with E-state index in [9.17, 15) is 8.42 Å². The lowest BCUT2D eigenvalue weighted by Crippen LogP contribution is -2.12. The minimum absolute atomic E-state index is 0.250. The van der Waals surface area contributed by atoms with Crippen LogP contribution in [0.15, 0.2) is 0 Å². The zero-order chi connectivity index (χ0) is 34.2. The lowest BCUT2D eigenvalue weighted by Gasteiger charge is -2.07. The zero-order valence-electron chi connectivity index (χ0n) is 32.3. The summed E-state index contributed by atoms with van der Waals surface area (Å²) in [7, 11) is -3.83. The van der Waals surface area contributed by atoms with Crippen LogP contribution in [0.5, 0.6) is 0 Å². The highest BCUT2D eigenvalue weighted by Gasteiger charge is 2.11. The van der Waals surface area contributed by atoms with Crippen LogP contribution >= 0.6 is 0 Å². The summed E-state index contributed by atoms with van der Waals surface area (Å²) in [6, 6.07) is 0. The maximum Gasteiger partial charge on any atom is 0.399 e. The molecular formula is C42H86O4S. The van der Waals surface area contributed by atoms with Crippen molar-refractivity contribution in [3.8, 4) is 0 Å². The Kier molecular flexibility index (Phi) is 40.2. The molecule has 0 unspecified atom stereocenters. The molecule has 0 fully saturated rings. The van der Waals surface area contributed by atoms with E-state index in [1.54, 1.807) is 0 Å². The van der Waals surface area contributed by atoms with Crippen molar-refractivity contribution in [3.63, 3.8) is 0 Å². The van der Waals surface area contributed by atoms with Gasteiger partial charge >= 0.3 is 10.4 Å². The molecule has 0 aliphatic rings. The number of rotatable bonds is 42. The fourth-order valence-electron chi connectivity index (χ4n) is 6.72. The molecule has 0 amide bonds. The Morgan fingerprint density at radius 1 is 0.255 bits per heavy atom. The van der Waals surface area contributed by atoms with Gasteiger partial charge in [0.25, 0.3) is 0 Å². The summed E-state index contributed by atoms with van der Waals surface area (Å²) in [6.07, 6.45) is 50.6. The van der Waals surface area contributed by atoms with Crippen molar-refractivity contribution in [2.24, 2.45) is 0 Å². The molecule has 0 atom stereocenters. The molecule has 0 aliphatic heterocycles. The lowest BCUT2D eigenvalue weighted by atomic mass is 10.0. The average molecular weight is 687 g/mol. The van der Waals surface area contributed by atoms with Crippen molar-refractivity contribution in [1.29, 1.82) is 0 Å². The monoisotopic (exact) mass is 687 g/mol. The summed E-state index contributed by atoms with van der Waals surface area (Å²) in [5.74, 6) is 0. The van der Waals surface area contributed by atoms with Gasteiger partial charge in [0.05, 0.1) is 13.2 Å². The van der Waals surface area contributed by atoms with Gasteiger partial charge < -0.3 is 0 Å². The highest BCUT2D eigenvalue weighted by atomic mass is 32.3. The van der Waals surface area contributed by atoms with E-state index in [4.69, 9.17) is 8.37 Å². The molecule has 0 saturated carbocycles. The van der Waals surface area contributed by atoms with Crippen molar-refractivity contribution in [2.45, 2.75) is 258 Å². The topological polar surface area (TPSA) is 52.6 Å².